The number of hydrogen-bond donors (Lipinski definition) is 2. The van der Waals surface area contributed by atoms with E-state index in [1.165, 1.54) is 0 Å². The second-order valence-electron chi connectivity index (χ2n) is 7.96. The Labute approximate surface area is 183 Å². The first kappa shape index (κ1) is 21.4. The quantitative estimate of drug-likeness (QED) is 0.455. The highest BCUT2D eigenvalue weighted by atomic mass is 16.4. The summed E-state index contributed by atoms with van der Waals surface area (Å²) in [6, 6.07) is 9.10. The van der Waals surface area contributed by atoms with Crippen molar-refractivity contribution in [1.82, 2.24) is 5.32 Å². The number of amides is 1. The minimum Gasteiger partial charge on any atom is -0.479 e. The topological polar surface area (TPSA) is 110 Å². The van der Waals surface area contributed by atoms with E-state index in [9.17, 15) is 19.5 Å². The van der Waals surface area contributed by atoms with Gasteiger partial charge in [-0.3, -0.25) is 4.79 Å². The van der Waals surface area contributed by atoms with E-state index >= 15 is 0 Å². The Kier molecular flexibility index (Phi) is 5.34. The van der Waals surface area contributed by atoms with E-state index in [0.29, 0.717) is 22.3 Å². The molecule has 7 nitrogen and oxygen atoms in total. The second-order valence-corrected chi connectivity index (χ2v) is 7.96. The average molecular weight is 433 g/mol. The summed E-state index contributed by atoms with van der Waals surface area (Å²) >= 11 is 0. The van der Waals surface area contributed by atoms with Gasteiger partial charge in [-0.25, -0.2) is 9.59 Å². The molecule has 2 aromatic carbocycles. The van der Waals surface area contributed by atoms with Gasteiger partial charge in [-0.1, -0.05) is 30.3 Å². The zero-order valence-electron chi connectivity index (χ0n) is 18.2. The van der Waals surface area contributed by atoms with Crippen LogP contribution in [-0.2, 0) is 16.0 Å². The Hall–Kier alpha value is -3.87. The minimum absolute atomic E-state index is 0.198. The van der Waals surface area contributed by atoms with Crippen molar-refractivity contribution in [1.29, 1.82) is 0 Å². The number of hydrogen-bond acceptors (Lipinski definition) is 5. The van der Waals surface area contributed by atoms with Crippen LogP contribution in [0.15, 0.2) is 50.0 Å². The van der Waals surface area contributed by atoms with Crippen LogP contribution in [0.3, 0.4) is 0 Å². The molecular formula is C25H23NO6. The van der Waals surface area contributed by atoms with Gasteiger partial charge in [-0.2, -0.15) is 0 Å². The van der Waals surface area contributed by atoms with Crippen LogP contribution in [0.1, 0.15) is 39.6 Å². The van der Waals surface area contributed by atoms with E-state index < -0.39 is 23.5 Å². The van der Waals surface area contributed by atoms with Crippen LogP contribution in [0, 0.1) is 27.7 Å². The lowest BCUT2D eigenvalue weighted by Gasteiger charge is -2.15. The van der Waals surface area contributed by atoms with Gasteiger partial charge in [0, 0.05) is 16.3 Å². The molecule has 2 heterocycles. The molecule has 0 aliphatic carbocycles. The molecular weight excluding hydrogens is 410 g/mol. The smallest absolute Gasteiger partial charge is 0.340 e. The maximum Gasteiger partial charge on any atom is 0.340 e. The van der Waals surface area contributed by atoms with Gasteiger partial charge >= 0.3 is 11.6 Å². The molecule has 1 amide bonds. The van der Waals surface area contributed by atoms with Crippen LogP contribution in [0.5, 0.6) is 0 Å². The highest BCUT2D eigenvalue weighted by Crippen LogP contribution is 2.34. The van der Waals surface area contributed by atoms with E-state index in [-0.39, 0.29) is 12.0 Å². The number of aliphatic carboxylic acids is 1. The summed E-state index contributed by atoms with van der Waals surface area (Å²) in [5.74, 6) is -0.974. The first-order chi connectivity index (χ1) is 15.2. The number of carboxylic acid groups (broad SMARTS) is 1. The summed E-state index contributed by atoms with van der Waals surface area (Å²) in [7, 11) is 0. The molecule has 164 valence electrons. The normalized spacial score (nSPS) is 12.2. The van der Waals surface area contributed by atoms with Crippen molar-refractivity contribution in [2.75, 3.05) is 0 Å². The molecule has 1 atom stereocenters. The summed E-state index contributed by atoms with van der Waals surface area (Å²) in [6.07, 6.45) is -0.290. The fourth-order valence-corrected chi connectivity index (χ4v) is 4.00. The van der Waals surface area contributed by atoms with Gasteiger partial charge in [0.25, 0.3) is 0 Å². The molecule has 4 rings (SSSR count). The van der Waals surface area contributed by atoms with Gasteiger partial charge in [0.15, 0.2) is 6.04 Å². The molecule has 0 spiro atoms. The molecule has 32 heavy (non-hydrogen) atoms. The van der Waals surface area contributed by atoms with Crippen molar-refractivity contribution < 1.29 is 23.5 Å². The third-order valence-corrected chi connectivity index (χ3v) is 5.97. The molecule has 0 radical (unpaired) electrons. The Morgan fingerprint density at radius 1 is 0.938 bits per heavy atom. The van der Waals surface area contributed by atoms with Gasteiger partial charge < -0.3 is 19.3 Å². The highest BCUT2D eigenvalue weighted by molar-refractivity contribution is 6.00. The molecule has 4 aromatic rings. The van der Waals surface area contributed by atoms with E-state index in [1.807, 2.05) is 26.8 Å². The van der Waals surface area contributed by atoms with Crippen LogP contribution in [0.2, 0.25) is 0 Å². The molecule has 2 N–H and O–H groups in total. The Balaban J connectivity index is 1.73. The lowest BCUT2D eigenvalue weighted by atomic mass is 9.98. The van der Waals surface area contributed by atoms with E-state index in [4.69, 9.17) is 8.83 Å². The van der Waals surface area contributed by atoms with Crippen molar-refractivity contribution in [3.05, 3.63) is 80.4 Å². The summed E-state index contributed by atoms with van der Waals surface area (Å²) in [5, 5.41) is 13.7. The van der Waals surface area contributed by atoms with Gasteiger partial charge in [-0.15, -0.1) is 0 Å². The molecule has 0 aliphatic rings. The van der Waals surface area contributed by atoms with Crippen molar-refractivity contribution in [2.45, 2.75) is 40.2 Å². The van der Waals surface area contributed by atoms with E-state index in [2.05, 4.69) is 5.32 Å². The predicted octanol–water partition coefficient (Wildman–Crippen LogP) is 4.26. The number of carbonyl (C=O) groups is 2. The first-order valence-corrected chi connectivity index (χ1v) is 10.2. The lowest BCUT2D eigenvalue weighted by molar-refractivity contribution is -0.142. The summed E-state index contributed by atoms with van der Waals surface area (Å²) < 4.78 is 11.4. The monoisotopic (exact) mass is 433 g/mol. The highest BCUT2D eigenvalue weighted by Gasteiger charge is 2.24. The number of carboxylic acids is 1. The van der Waals surface area contributed by atoms with Gasteiger partial charge in [0.2, 0.25) is 5.91 Å². The Bertz CT molecular complexity index is 1430. The number of benzene rings is 2. The first-order valence-electron chi connectivity index (χ1n) is 10.2. The summed E-state index contributed by atoms with van der Waals surface area (Å²) in [5.41, 5.74) is 3.46. The van der Waals surface area contributed by atoms with Crippen LogP contribution in [-0.4, -0.2) is 17.0 Å². The lowest BCUT2D eigenvalue weighted by Crippen LogP contribution is -2.35. The van der Waals surface area contributed by atoms with Crippen molar-refractivity contribution >= 4 is 33.8 Å². The maximum absolute atomic E-state index is 12.7. The van der Waals surface area contributed by atoms with Gasteiger partial charge in [0.1, 0.15) is 16.9 Å². The second kappa shape index (κ2) is 8.00. The number of furan rings is 1. The molecule has 0 fully saturated rings. The number of fused-ring (bicyclic) bond motifs is 2. The molecule has 0 bridgehead atoms. The fraction of sp³-hybridized carbons (Fsp3) is 0.240. The van der Waals surface area contributed by atoms with Crippen molar-refractivity contribution in [3.8, 4) is 0 Å². The molecule has 0 saturated carbocycles. The average Bonchev–Trinajstić information content (AvgIpc) is 3.05. The third kappa shape index (κ3) is 3.56. The van der Waals surface area contributed by atoms with E-state index in [1.54, 1.807) is 37.3 Å². The SMILES string of the molecule is Cc1oc2c(C)c3oc(=O)c(CC(=O)NC(C(=O)O)c4ccccc4)c(C)c3cc2c1C. The molecule has 0 saturated heterocycles. The van der Waals surface area contributed by atoms with Crippen molar-refractivity contribution in [2.24, 2.45) is 0 Å². The molecule has 7 heteroatoms. The van der Waals surface area contributed by atoms with Crippen LogP contribution in [0.4, 0.5) is 0 Å². The summed E-state index contributed by atoms with van der Waals surface area (Å²) in [4.78, 5) is 37.1. The fourth-order valence-electron chi connectivity index (χ4n) is 4.00. The maximum atomic E-state index is 12.7. The summed E-state index contributed by atoms with van der Waals surface area (Å²) in [6.45, 7) is 7.44. The van der Waals surface area contributed by atoms with Crippen molar-refractivity contribution in [3.63, 3.8) is 0 Å². The minimum atomic E-state index is -1.21. The molecule has 2 aromatic heterocycles. The number of rotatable bonds is 5. The Morgan fingerprint density at radius 2 is 1.56 bits per heavy atom. The molecule has 1 unspecified atom stereocenters. The van der Waals surface area contributed by atoms with Crippen LogP contribution < -0.4 is 10.9 Å². The van der Waals surface area contributed by atoms with Crippen LogP contribution in [0.25, 0.3) is 21.9 Å². The van der Waals surface area contributed by atoms with Gasteiger partial charge in [0.05, 0.1) is 12.0 Å². The zero-order valence-corrected chi connectivity index (χ0v) is 18.2. The molecule has 0 aliphatic heterocycles. The van der Waals surface area contributed by atoms with Gasteiger partial charge in [-0.05, 0) is 50.5 Å². The third-order valence-electron chi connectivity index (χ3n) is 5.97. The largest absolute Gasteiger partial charge is 0.479 e. The Morgan fingerprint density at radius 3 is 2.22 bits per heavy atom. The number of nitrogens with one attached hydrogen (secondary N) is 1. The van der Waals surface area contributed by atoms with E-state index in [0.717, 1.165) is 27.7 Å². The zero-order chi connectivity index (χ0) is 23.2. The van der Waals surface area contributed by atoms with Crippen LogP contribution >= 0.6 is 0 Å². The standard InChI is InChI=1S/C25H23NO6/c1-12-15(4)31-22-14(3)23-18(10-17(12)22)13(2)19(25(30)32-23)11-20(27)26-21(24(28)29)16-8-6-5-7-9-16/h5-10,21H,11H2,1-4H3,(H,26,27)(H,28,29). The predicted molar refractivity (Wildman–Crippen MR) is 120 cm³/mol. The number of carbonyl (C=O) groups excluding carboxylic acids is 1. The number of aryl methyl sites for hydroxylation is 4.